The zero-order valence-corrected chi connectivity index (χ0v) is 23.1. The predicted molar refractivity (Wildman–Crippen MR) is 148 cm³/mol. The Labute approximate surface area is 225 Å². The highest BCUT2D eigenvalue weighted by Crippen LogP contribution is 2.28. The normalized spacial score (nSPS) is 11.3. The molecular formula is C25H25Cl3N2O3S2. The molecular weight excluding hydrogens is 547 g/mol. The smallest absolute Gasteiger partial charge is 0.264 e. The van der Waals surface area contributed by atoms with E-state index in [0.29, 0.717) is 38.8 Å². The van der Waals surface area contributed by atoms with Crippen molar-refractivity contribution >= 4 is 68.2 Å². The minimum absolute atomic E-state index is 0.1000. The number of carbonyl (C=O) groups is 1. The molecule has 1 amide bonds. The van der Waals surface area contributed by atoms with Crippen molar-refractivity contribution in [2.45, 2.75) is 24.5 Å². The number of hydrogen-bond acceptors (Lipinski definition) is 4. The lowest BCUT2D eigenvalue weighted by atomic mass is 10.2. The molecule has 0 aliphatic carbocycles. The van der Waals surface area contributed by atoms with Gasteiger partial charge in [-0.1, -0.05) is 64.6 Å². The van der Waals surface area contributed by atoms with Gasteiger partial charge in [0.2, 0.25) is 5.91 Å². The fourth-order valence-electron chi connectivity index (χ4n) is 3.16. The fourth-order valence-corrected chi connectivity index (χ4v) is 6.16. The largest absolute Gasteiger partial charge is 0.354 e. The molecule has 3 aromatic rings. The van der Waals surface area contributed by atoms with Crippen LogP contribution in [0.2, 0.25) is 15.1 Å². The summed E-state index contributed by atoms with van der Waals surface area (Å²) in [5.41, 5.74) is 3.02. The average molecular weight is 572 g/mol. The molecule has 0 spiro atoms. The zero-order valence-electron chi connectivity index (χ0n) is 19.2. The van der Waals surface area contributed by atoms with Gasteiger partial charge in [0.15, 0.2) is 0 Å². The Morgan fingerprint density at radius 3 is 2.31 bits per heavy atom. The van der Waals surface area contributed by atoms with Gasteiger partial charge < -0.3 is 5.32 Å². The van der Waals surface area contributed by atoms with E-state index < -0.39 is 15.9 Å². The van der Waals surface area contributed by atoms with Crippen LogP contribution in [0.5, 0.6) is 0 Å². The predicted octanol–water partition coefficient (Wildman–Crippen LogP) is 6.51. The van der Waals surface area contributed by atoms with Crippen LogP contribution >= 0.6 is 46.6 Å². The number of anilines is 1. The third-order valence-electron chi connectivity index (χ3n) is 5.18. The van der Waals surface area contributed by atoms with Crippen molar-refractivity contribution in [2.24, 2.45) is 0 Å². The summed E-state index contributed by atoms with van der Waals surface area (Å²) in [6, 6.07) is 16.8. The highest BCUT2D eigenvalue weighted by Gasteiger charge is 2.27. The van der Waals surface area contributed by atoms with Crippen LogP contribution in [0.25, 0.3) is 0 Å². The summed E-state index contributed by atoms with van der Waals surface area (Å²) in [6.45, 7) is 3.71. The number of nitrogens with zero attached hydrogens (tertiary/aromatic N) is 1. The van der Waals surface area contributed by atoms with Crippen LogP contribution in [0.15, 0.2) is 65.6 Å². The van der Waals surface area contributed by atoms with Crippen molar-refractivity contribution in [1.29, 1.82) is 0 Å². The van der Waals surface area contributed by atoms with E-state index >= 15 is 0 Å². The van der Waals surface area contributed by atoms with Gasteiger partial charge in [-0.15, -0.1) is 0 Å². The molecule has 0 aliphatic heterocycles. The first kappa shape index (κ1) is 27.7. The Kier molecular flexibility index (Phi) is 9.78. The molecule has 0 heterocycles. The van der Waals surface area contributed by atoms with Crippen LogP contribution in [0.4, 0.5) is 5.69 Å². The number of aryl methyl sites for hydroxylation is 2. The second kappa shape index (κ2) is 12.4. The monoisotopic (exact) mass is 570 g/mol. The summed E-state index contributed by atoms with van der Waals surface area (Å²) in [5, 5.41) is 4.40. The van der Waals surface area contributed by atoms with E-state index in [4.69, 9.17) is 34.8 Å². The third-order valence-corrected chi connectivity index (χ3v) is 8.97. The second-order valence-electron chi connectivity index (χ2n) is 7.90. The summed E-state index contributed by atoms with van der Waals surface area (Å²) in [7, 11) is -3.99. The van der Waals surface area contributed by atoms with E-state index in [9.17, 15) is 13.2 Å². The minimum atomic E-state index is -3.99. The van der Waals surface area contributed by atoms with Crippen molar-refractivity contribution in [2.75, 3.05) is 23.1 Å². The van der Waals surface area contributed by atoms with Gasteiger partial charge in [0.1, 0.15) is 6.54 Å². The number of sulfonamides is 1. The van der Waals surface area contributed by atoms with Crippen molar-refractivity contribution in [3.8, 4) is 0 Å². The molecule has 5 nitrogen and oxygen atoms in total. The van der Waals surface area contributed by atoms with E-state index in [0.717, 1.165) is 21.0 Å². The lowest BCUT2D eigenvalue weighted by Gasteiger charge is -2.24. The van der Waals surface area contributed by atoms with Crippen molar-refractivity contribution in [3.63, 3.8) is 0 Å². The number of rotatable bonds is 10. The van der Waals surface area contributed by atoms with E-state index in [1.807, 2.05) is 19.9 Å². The first-order valence-electron chi connectivity index (χ1n) is 10.7. The van der Waals surface area contributed by atoms with Gasteiger partial charge in [-0.3, -0.25) is 9.10 Å². The maximum Gasteiger partial charge on any atom is 0.264 e. The minimum Gasteiger partial charge on any atom is -0.354 e. The Bertz CT molecular complexity index is 1300. The molecule has 0 atom stereocenters. The van der Waals surface area contributed by atoms with E-state index in [-0.39, 0.29) is 11.4 Å². The van der Waals surface area contributed by atoms with Crippen LogP contribution in [0, 0.1) is 13.8 Å². The molecule has 35 heavy (non-hydrogen) atoms. The Balaban J connectivity index is 1.67. The summed E-state index contributed by atoms with van der Waals surface area (Å²) in [4.78, 5) is 12.8. The summed E-state index contributed by atoms with van der Waals surface area (Å²) >= 11 is 20.0. The molecule has 0 radical (unpaired) electrons. The number of carbonyl (C=O) groups excluding carboxylic acids is 1. The van der Waals surface area contributed by atoms with Gasteiger partial charge in [-0.25, -0.2) is 8.42 Å². The van der Waals surface area contributed by atoms with Crippen molar-refractivity contribution in [3.05, 3.63) is 92.4 Å². The molecule has 0 aliphatic rings. The number of halogens is 3. The molecule has 0 aromatic heterocycles. The molecule has 0 bridgehead atoms. The second-order valence-corrected chi connectivity index (χ2v) is 12.1. The Hall–Kier alpha value is -1.90. The molecule has 0 fully saturated rings. The van der Waals surface area contributed by atoms with Gasteiger partial charge >= 0.3 is 0 Å². The SMILES string of the molecule is Cc1ccc(S(=O)(=O)N(CC(=O)NCCSCc2ccc(Cl)cc2Cl)c2ccc(C)c(Cl)c2)cc1. The topological polar surface area (TPSA) is 66.5 Å². The molecule has 0 unspecified atom stereocenters. The maximum atomic E-state index is 13.4. The van der Waals surface area contributed by atoms with Gasteiger partial charge in [-0.2, -0.15) is 11.8 Å². The van der Waals surface area contributed by atoms with Crippen LogP contribution in [0.3, 0.4) is 0 Å². The molecule has 0 saturated heterocycles. The number of amides is 1. The van der Waals surface area contributed by atoms with Crippen LogP contribution in [0.1, 0.15) is 16.7 Å². The summed E-state index contributed by atoms with van der Waals surface area (Å²) in [6.07, 6.45) is 0. The Morgan fingerprint density at radius 1 is 0.943 bits per heavy atom. The van der Waals surface area contributed by atoms with Crippen LogP contribution in [-0.2, 0) is 20.6 Å². The average Bonchev–Trinajstić information content (AvgIpc) is 2.80. The van der Waals surface area contributed by atoms with Gasteiger partial charge in [0.05, 0.1) is 10.6 Å². The summed E-state index contributed by atoms with van der Waals surface area (Å²) in [5.74, 6) is 0.885. The van der Waals surface area contributed by atoms with E-state index in [1.165, 1.54) is 12.1 Å². The summed E-state index contributed by atoms with van der Waals surface area (Å²) < 4.78 is 28.0. The first-order valence-corrected chi connectivity index (χ1v) is 14.4. The van der Waals surface area contributed by atoms with E-state index in [1.54, 1.807) is 54.2 Å². The van der Waals surface area contributed by atoms with Crippen LogP contribution < -0.4 is 9.62 Å². The molecule has 1 N–H and O–H groups in total. The first-order chi connectivity index (χ1) is 16.6. The molecule has 0 saturated carbocycles. The highest BCUT2D eigenvalue weighted by molar-refractivity contribution is 7.98. The molecule has 3 rings (SSSR count). The standard InChI is InChI=1S/C25H25Cl3N2O3S2/c1-17-3-9-22(10-4-17)35(32,33)30(21-8-5-18(2)23(27)14-21)15-25(31)29-11-12-34-16-19-6-7-20(26)13-24(19)28/h3-10,13-14H,11-12,15-16H2,1-2H3,(H,29,31). The number of thioether (sulfide) groups is 1. The highest BCUT2D eigenvalue weighted by atomic mass is 35.5. The van der Waals surface area contributed by atoms with Gasteiger partial charge in [-0.05, 0) is 61.4 Å². The van der Waals surface area contributed by atoms with Gasteiger partial charge in [0, 0.05) is 33.1 Å². The molecule has 10 heteroatoms. The third kappa shape index (κ3) is 7.54. The van der Waals surface area contributed by atoms with E-state index in [2.05, 4.69) is 5.32 Å². The lowest BCUT2D eigenvalue weighted by molar-refractivity contribution is -0.119. The zero-order chi connectivity index (χ0) is 25.6. The van der Waals surface area contributed by atoms with Crippen molar-refractivity contribution < 1.29 is 13.2 Å². The van der Waals surface area contributed by atoms with Gasteiger partial charge in [0.25, 0.3) is 10.0 Å². The maximum absolute atomic E-state index is 13.4. The Morgan fingerprint density at radius 2 is 1.66 bits per heavy atom. The lowest BCUT2D eigenvalue weighted by Crippen LogP contribution is -2.41. The number of benzene rings is 3. The van der Waals surface area contributed by atoms with Crippen LogP contribution in [-0.4, -0.2) is 33.2 Å². The quantitative estimate of drug-likeness (QED) is 0.282. The number of hydrogen-bond donors (Lipinski definition) is 1. The number of nitrogens with one attached hydrogen (secondary N) is 1. The molecule has 186 valence electrons. The molecule has 3 aromatic carbocycles. The van der Waals surface area contributed by atoms with Crippen molar-refractivity contribution in [1.82, 2.24) is 5.32 Å². The fraction of sp³-hybridized carbons (Fsp3) is 0.240.